The molecule has 0 radical (unpaired) electrons. The van der Waals surface area contributed by atoms with Crippen molar-refractivity contribution in [3.8, 4) is 0 Å². The number of hydrogen-bond donors (Lipinski definition) is 1. The zero-order chi connectivity index (χ0) is 18.2. The van der Waals surface area contributed by atoms with Gasteiger partial charge >= 0.3 is 0 Å². The van der Waals surface area contributed by atoms with Gasteiger partial charge in [-0.25, -0.2) is 0 Å². The van der Waals surface area contributed by atoms with Gasteiger partial charge in [-0.05, 0) is 43.4 Å². The highest BCUT2D eigenvalue weighted by molar-refractivity contribution is 7.90. The molecule has 0 aromatic heterocycles. The fourth-order valence-electron chi connectivity index (χ4n) is 2.97. The van der Waals surface area contributed by atoms with Gasteiger partial charge in [0.2, 0.25) is 5.91 Å². The van der Waals surface area contributed by atoms with E-state index < -0.39 is 10.0 Å². The van der Waals surface area contributed by atoms with Crippen molar-refractivity contribution < 1.29 is 13.2 Å². The van der Waals surface area contributed by atoms with Crippen LogP contribution in [0.2, 0.25) is 0 Å². The topological polar surface area (TPSA) is 78.8 Å². The fraction of sp³-hybridized carbons (Fsp3) is 0.556. The zero-order valence-corrected chi connectivity index (χ0v) is 15.8. The van der Waals surface area contributed by atoms with Crippen molar-refractivity contribution in [1.29, 1.82) is 0 Å². The number of sulfonamides is 1. The second-order valence-corrected chi connectivity index (χ2v) is 8.75. The van der Waals surface area contributed by atoms with Crippen LogP contribution in [0.3, 0.4) is 0 Å². The van der Waals surface area contributed by atoms with E-state index in [1.54, 1.807) is 12.1 Å². The van der Waals surface area contributed by atoms with Crippen molar-refractivity contribution in [2.45, 2.75) is 51.3 Å². The van der Waals surface area contributed by atoms with Gasteiger partial charge < -0.3 is 10.2 Å². The summed E-state index contributed by atoms with van der Waals surface area (Å²) in [6, 6.07) is 5.08. The standard InChI is InChI=1S/C18H25N3O3S/c1-4-9-21-15-8-7-14(19-18(22)13-5-6-13)11-16(15)25(23,24)20-17(21)10-12(2)3/h7-8,11-13H,4-6,9-10H2,1-3H3,(H,19,22). The number of amides is 1. The average molecular weight is 363 g/mol. The number of carbonyl (C=O) groups excluding carboxylic acids is 1. The van der Waals surface area contributed by atoms with Gasteiger partial charge in [-0.3, -0.25) is 4.79 Å². The maximum Gasteiger partial charge on any atom is 0.286 e. The van der Waals surface area contributed by atoms with Gasteiger partial charge in [0.25, 0.3) is 10.0 Å². The van der Waals surface area contributed by atoms with Gasteiger partial charge in [0.1, 0.15) is 10.7 Å². The van der Waals surface area contributed by atoms with Crippen molar-refractivity contribution in [3.63, 3.8) is 0 Å². The maximum absolute atomic E-state index is 12.7. The molecule has 0 spiro atoms. The van der Waals surface area contributed by atoms with Crippen LogP contribution in [0.25, 0.3) is 0 Å². The van der Waals surface area contributed by atoms with Crippen LogP contribution in [-0.2, 0) is 14.8 Å². The third-order valence-electron chi connectivity index (χ3n) is 4.32. The van der Waals surface area contributed by atoms with Crippen molar-refractivity contribution in [2.24, 2.45) is 16.2 Å². The molecule has 25 heavy (non-hydrogen) atoms. The number of fused-ring (bicyclic) bond motifs is 1. The molecule has 1 N–H and O–H groups in total. The molecule has 0 bridgehead atoms. The highest BCUT2D eigenvalue weighted by atomic mass is 32.2. The summed E-state index contributed by atoms with van der Waals surface area (Å²) in [5, 5.41) is 2.81. The van der Waals surface area contributed by atoms with E-state index in [0.717, 1.165) is 19.3 Å². The SMILES string of the molecule is CCCN1C(CC(C)C)=NS(=O)(=O)c2cc(NC(=O)C3CC3)ccc21. The predicted octanol–water partition coefficient (Wildman–Crippen LogP) is 3.40. The Hall–Kier alpha value is -1.89. The van der Waals surface area contributed by atoms with Crippen molar-refractivity contribution in [1.82, 2.24) is 0 Å². The second-order valence-electron chi connectivity index (χ2n) is 7.18. The van der Waals surface area contributed by atoms with E-state index >= 15 is 0 Å². The van der Waals surface area contributed by atoms with Crippen LogP contribution in [0.15, 0.2) is 27.5 Å². The summed E-state index contributed by atoms with van der Waals surface area (Å²) < 4.78 is 29.4. The molecule has 0 atom stereocenters. The molecule has 1 amide bonds. The molecule has 1 aliphatic heterocycles. The van der Waals surface area contributed by atoms with Gasteiger partial charge in [-0.1, -0.05) is 20.8 Å². The first-order valence-electron chi connectivity index (χ1n) is 8.88. The summed E-state index contributed by atoms with van der Waals surface area (Å²) >= 11 is 0. The molecule has 1 aromatic carbocycles. The second kappa shape index (κ2) is 6.78. The first-order chi connectivity index (χ1) is 11.8. The molecule has 1 aliphatic carbocycles. The molecule has 0 saturated heterocycles. The van der Waals surface area contributed by atoms with Crippen LogP contribution in [0.4, 0.5) is 11.4 Å². The number of nitrogens with one attached hydrogen (secondary N) is 1. The highest BCUT2D eigenvalue weighted by Gasteiger charge is 2.32. The molecule has 1 fully saturated rings. The van der Waals surface area contributed by atoms with Gasteiger partial charge in [0, 0.05) is 24.6 Å². The third-order valence-corrected chi connectivity index (χ3v) is 5.65. The fourth-order valence-corrected chi connectivity index (χ4v) is 4.24. The Morgan fingerprint density at radius 1 is 1.36 bits per heavy atom. The van der Waals surface area contributed by atoms with Crippen LogP contribution >= 0.6 is 0 Å². The monoisotopic (exact) mass is 363 g/mol. The lowest BCUT2D eigenvalue weighted by molar-refractivity contribution is -0.117. The third kappa shape index (κ3) is 3.86. The van der Waals surface area contributed by atoms with Crippen LogP contribution in [0, 0.1) is 11.8 Å². The molecular formula is C18H25N3O3S. The Labute approximate surface area is 149 Å². The Balaban J connectivity index is 1.98. The van der Waals surface area contributed by atoms with Crippen molar-refractivity contribution in [3.05, 3.63) is 18.2 Å². The van der Waals surface area contributed by atoms with Crippen LogP contribution < -0.4 is 10.2 Å². The quantitative estimate of drug-likeness (QED) is 0.840. The molecule has 1 heterocycles. The molecule has 2 aliphatic rings. The molecule has 3 rings (SSSR count). The Morgan fingerprint density at radius 2 is 2.08 bits per heavy atom. The zero-order valence-electron chi connectivity index (χ0n) is 14.9. The first kappa shape index (κ1) is 17.9. The lowest BCUT2D eigenvalue weighted by Crippen LogP contribution is -2.37. The predicted molar refractivity (Wildman–Crippen MR) is 99.5 cm³/mol. The van der Waals surface area contributed by atoms with Gasteiger partial charge in [-0.15, -0.1) is 4.40 Å². The Kier molecular flexibility index (Phi) is 4.86. The van der Waals surface area contributed by atoms with Crippen molar-refractivity contribution in [2.75, 3.05) is 16.8 Å². The van der Waals surface area contributed by atoms with Gasteiger partial charge in [-0.2, -0.15) is 8.42 Å². The molecule has 1 aromatic rings. The van der Waals surface area contributed by atoms with E-state index in [2.05, 4.69) is 16.6 Å². The summed E-state index contributed by atoms with van der Waals surface area (Å²) in [5.41, 5.74) is 1.16. The van der Waals surface area contributed by atoms with E-state index in [-0.39, 0.29) is 16.7 Å². The summed E-state index contributed by atoms with van der Waals surface area (Å²) in [4.78, 5) is 14.1. The van der Waals surface area contributed by atoms with E-state index in [1.165, 1.54) is 6.07 Å². The smallest absolute Gasteiger partial charge is 0.286 e. The minimum absolute atomic E-state index is 0.0393. The molecule has 1 saturated carbocycles. The number of amidine groups is 1. The largest absolute Gasteiger partial charge is 0.328 e. The number of anilines is 2. The Bertz CT molecular complexity index is 811. The number of nitrogens with zero attached hydrogens (tertiary/aromatic N) is 2. The summed E-state index contributed by atoms with van der Waals surface area (Å²) in [5.74, 6) is 0.938. The lowest BCUT2D eigenvalue weighted by atomic mass is 10.1. The van der Waals surface area contributed by atoms with Crippen LogP contribution in [-0.4, -0.2) is 26.7 Å². The van der Waals surface area contributed by atoms with Gasteiger partial charge in [0.05, 0.1) is 5.69 Å². The van der Waals surface area contributed by atoms with Crippen molar-refractivity contribution >= 4 is 33.1 Å². The average Bonchev–Trinajstić information content (AvgIpc) is 3.35. The summed E-state index contributed by atoms with van der Waals surface area (Å²) in [6.07, 6.45) is 3.31. The molecule has 7 heteroatoms. The van der Waals surface area contributed by atoms with Crippen LogP contribution in [0.1, 0.15) is 46.5 Å². The molecule has 0 unspecified atom stereocenters. The minimum Gasteiger partial charge on any atom is -0.328 e. The summed E-state index contributed by atoms with van der Waals surface area (Å²) in [7, 11) is -3.76. The number of benzene rings is 1. The first-order valence-corrected chi connectivity index (χ1v) is 10.3. The normalized spacial score (nSPS) is 18.7. The number of carbonyl (C=O) groups is 1. The van der Waals surface area contributed by atoms with E-state index in [4.69, 9.17) is 0 Å². The lowest BCUT2D eigenvalue weighted by Gasteiger charge is -2.31. The van der Waals surface area contributed by atoms with E-state index in [1.807, 2.05) is 18.7 Å². The minimum atomic E-state index is -3.76. The van der Waals surface area contributed by atoms with Crippen LogP contribution in [0.5, 0.6) is 0 Å². The summed E-state index contributed by atoms with van der Waals surface area (Å²) in [6.45, 7) is 6.86. The number of hydrogen-bond acceptors (Lipinski definition) is 4. The highest BCUT2D eigenvalue weighted by Crippen LogP contribution is 2.36. The van der Waals surface area contributed by atoms with E-state index in [0.29, 0.717) is 36.1 Å². The molecule has 6 nitrogen and oxygen atoms in total. The maximum atomic E-state index is 12.7. The number of rotatable bonds is 6. The Morgan fingerprint density at radius 3 is 2.68 bits per heavy atom. The van der Waals surface area contributed by atoms with E-state index in [9.17, 15) is 13.2 Å². The molecule has 136 valence electrons. The van der Waals surface area contributed by atoms with Gasteiger partial charge in [0.15, 0.2) is 0 Å². The molecular weight excluding hydrogens is 338 g/mol.